The van der Waals surface area contributed by atoms with E-state index in [2.05, 4.69) is 5.32 Å². The molecule has 0 aromatic heterocycles. The van der Waals surface area contributed by atoms with Gasteiger partial charge in [-0.05, 0) is 12.8 Å². The average Bonchev–Trinajstić information content (AvgIpc) is 2.53. The molecule has 2 fully saturated rings. The van der Waals surface area contributed by atoms with Gasteiger partial charge in [0.1, 0.15) is 0 Å². The van der Waals surface area contributed by atoms with Gasteiger partial charge in [0, 0.05) is 13.1 Å². The Hall–Kier alpha value is -0.120. The minimum Gasteiger partial charge on any atom is -0.376 e. The van der Waals surface area contributed by atoms with Crippen LogP contribution < -0.4 is 5.32 Å². The van der Waals surface area contributed by atoms with Gasteiger partial charge in [-0.3, -0.25) is 0 Å². The van der Waals surface area contributed by atoms with Crippen LogP contribution in [0.25, 0.3) is 0 Å². The zero-order valence-corrected chi connectivity index (χ0v) is 8.13. The number of ether oxygens (including phenoxy) is 2. The molecule has 13 heavy (non-hydrogen) atoms. The maximum absolute atomic E-state index is 5.68. The average molecular weight is 185 g/mol. The van der Waals surface area contributed by atoms with Crippen LogP contribution >= 0.6 is 0 Å². The summed E-state index contributed by atoms with van der Waals surface area (Å²) >= 11 is 0. The van der Waals surface area contributed by atoms with Gasteiger partial charge in [0.05, 0.1) is 25.4 Å². The minimum atomic E-state index is 0.451. The summed E-state index contributed by atoms with van der Waals surface area (Å²) in [6.07, 6.45) is 6.18. The summed E-state index contributed by atoms with van der Waals surface area (Å²) in [4.78, 5) is 0. The van der Waals surface area contributed by atoms with Crippen LogP contribution in [0.2, 0.25) is 0 Å². The van der Waals surface area contributed by atoms with Crippen molar-refractivity contribution in [2.45, 2.75) is 37.9 Å². The van der Waals surface area contributed by atoms with Crippen molar-refractivity contribution in [3.05, 3.63) is 0 Å². The van der Waals surface area contributed by atoms with Crippen molar-refractivity contribution in [2.24, 2.45) is 0 Å². The maximum Gasteiger partial charge on any atom is 0.0824 e. The first-order valence-corrected chi connectivity index (χ1v) is 5.39. The molecule has 2 aliphatic rings. The molecule has 76 valence electrons. The molecule has 2 rings (SSSR count). The van der Waals surface area contributed by atoms with Crippen LogP contribution in [0, 0.1) is 0 Å². The molecule has 3 heteroatoms. The van der Waals surface area contributed by atoms with Gasteiger partial charge in [0.15, 0.2) is 0 Å². The second-order valence-corrected chi connectivity index (χ2v) is 3.93. The number of hydrogen-bond donors (Lipinski definition) is 1. The van der Waals surface area contributed by atoms with Gasteiger partial charge in [-0.2, -0.15) is 0 Å². The standard InChI is InChI=1S/C10H19NO2/c1-2-4-9(3-1)12-5-6-13-10-7-11-8-10/h9-11H,1-8H2. The molecule has 1 N–H and O–H groups in total. The topological polar surface area (TPSA) is 30.5 Å². The Kier molecular flexibility index (Phi) is 3.58. The number of hydrogen-bond acceptors (Lipinski definition) is 3. The van der Waals surface area contributed by atoms with E-state index in [1.54, 1.807) is 0 Å². The van der Waals surface area contributed by atoms with Gasteiger partial charge < -0.3 is 14.8 Å². The first-order valence-electron chi connectivity index (χ1n) is 5.39. The van der Waals surface area contributed by atoms with E-state index in [-0.39, 0.29) is 0 Å². The van der Waals surface area contributed by atoms with Crippen LogP contribution in [0.1, 0.15) is 25.7 Å². The SMILES string of the molecule is C1CCC(OCCOC2CNC2)C1. The molecule has 1 aliphatic carbocycles. The monoisotopic (exact) mass is 185 g/mol. The first kappa shape index (κ1) is 9.44. The lowest BCUT2D eigenvalue weighted by Gasteiger charge is -2.27. The van der Waals surface area contributed by atoms with E-state index < -0.39 is 0 Å². The fourth-order valence-corrected chi connectivity index (χ4v) is 1.86. The van der Waals surface area contributed by atoms with Crippen molar-refractivity contribution in [3.8, 4) is 0 Å². The van der Waals surface area contributed by atoms with Crippen LogP contribution in [-0.2, 0) is 9.47 Å². The smallest absolute Gasteiger partial charge is 0.0824 e. The second kappa shape index (κ2) is 4.94. The van der Waals surface area contributed by atoms with Crippen LogP contribution in [0.3, 0.4) is 0 Å². The minimum absolute atomic E-state index is 0.451. The highest BCUT2D eigenvalue weighted by molar-refractivity contribution is 4.74. The molecule has 1 heterocycles. The largest absolute Gasteiger partial charge is 0.376 e. The predicted octanol–water partition coefficient (Wildman–Crippen LogP) is 0.934. The summed E-state index contributed by atoms with van der Waals surface area (Å²) in [6, 6.07) is 0. The van der Waals surface area contributed by atoms with Crippen molar-refractivity contribution in [3.63, 3.8) is 0 Å². The van der Waals surface area contributed by atoms with Gasteiger partial charge in [-0.1, -0.05) is 12.8 Å². The highest BCUT2D eigenvalue weighted by Crippen LogP contribution is 2.20. The van der Waals surface area contributed by atoms with Crippen molar-refractivity contribution in [1.29, 1.82) is 0 Å². The maximum atomic E-state index is 5.68. The summed E-state index contributed by atoms with van der Waals surface area (Å²) in [5.74, 6) is 0. The normalized spacial score (nSPS) is 24.9. The van der Waals surface area contributed by atoms with E-state index in [0.29, 0.717) is 12.2 Å². The first-order chi connectivity index (χ1) is 6.45. The molecule has 3 nitrogen and oxygen atoms in total. The molecular weight excluding hydrogens is 166 g/mol. The summed E-state index contributed by atoms with van der Waals surface area (Å²) in [6.45, 7) is 3.58. The third-order valence-electron chi connectivity index (χ3n) is 2.84. The lowest BCUT2D eigenvalue weighted by atomic mass is 10.2. The quantitative estimate of drug-likeness (QED) is 0.646. The van der Waals surface area contributed by atoms with Gasteiger partial charge >= 0.3 is 0 Å². The summed E-state index contributed by atoms with van der Waals surface area (Å²) < 4.78 is 11.2. The number of nitrogens with one attached hydrogen (secondary N) is 1. The summed E-state index contributed by atoms with van der Waals surface area (Å²) in [7, 11) is 0. The zero-order chi connectivity index (χ0) is 8.93. The molecule has 1 saturated carbocycles. The molecule has 0 spiro atoms. The third-order valence-corrected chi connectivity index (χ3v) is 2.84. The van der Waals surface area contributed by atoms with Crippen molar-refractivity contribution in [1.82, 2.24) is 5.32 Å². The molecule has 0 bridgehead atoms. The Morgan fingerprint density at radius 2 is 1.54 bits per heavy atom. The Balaban J connectivity index is 1.43. The van der Waals surface area contributed by atoms with Crippen LogP contribution in [-0.4, -0.2) is 38.5 Å². The molecule has 1 aliphatic heterocycles. The van der Waals surface area contributed by atoms with Crippen molar-refractivity contribution < 1.29 is 9.47 Å². The highest BCUT2D eigenvalue weighted by atomic mass is 16.5. The highest BCUT2D eigenvalue weighted by Gasteiger charge is 2.18. The van der Waals surface area contributed by atoms with E-state index in [1.165, 1.54) is 25.7 Å². The third kappa shape index (κ3) is 2.93. The van der Waals surface area contributed by atoms with Crippen molar-refractivity contribution in [2.75, 3.05) is 26.3 Å². The molecule has 0 aromatic carbocycles. The van der Waals surface area contributed by atoms with Gasteiger partial charge in [0.2, 0.25) is 0 Å². The Morgan fingerprint density at radius 3 is 2.08 bits per heavy atom. The Bertz CT molecular complexity index is 142. The Morgan fingerprint density at radius 1 is 0.923 bits per heavy atom. The van der Waals surface area contributed by atoms with E-state index in [9.17, 15) is 0 Å². The predicted molar refractivity (Wildman–Crippen MR) is 50.8 cm³/mol. The van der Waals surface area contributed by atoms with Crippen LogP contribution in [0.15, 0.2) is 0 Å². The fraction of sp³-hybridized carbons (Fsp3) is 1.00. The molecule has 0 amide bonds. The van der Waals surface area contributed by atoms with Gasteiger partial charge in [-0.25, -0.2) is 0 Å². The summed E-state index contributed by atoms with van der Waals surface area (Å²) in [5, 5.41) is 3.18. The van der Waals surface area contributed by atoms with Gasteiger partial charge in [0.25, 0.3) is 0 Å². The van der Waals surface area contributed by atoms with Crippen LogP contribution in [0.4, 0.5) is 0 Å². The lowest BCUT2D eigenvalue weighted by Crippen LogP contribution is -2.48. The molecule has 1 saturated heterocycles. The molecule has 0 atom stereocenters. The second-order valence-electron chi connectivity index (χ2n) is 3.93. The fourth-order valence-electron chi connectivity index (χ4n) is 1.86. The molecule has 0 radical (unpaired) electrons. The van der Waals surface area contributed by atoms with Gasteiger partial charge in [-0.15, -0.1) is 0 Å². The molecule has 0 unspecified atom stereocenters. The van der Waals surface area contributed by atoms with E-state index >= 15 is 0 Å². The lowest BCUT2D eigenvalue weighted by molar-refractivity contribution is -0.0349. The van der Waals surface area contributed by atoms with E-state index in [0.717, 1.165) is 26.3 Å². The number of rotatable bonds is 5. The van der Waals surface area contributed by atoms with Crippen LogP contribution in [0.5, 0.6) is 0 Å². The molecule has 0 aromatic rings. The van der Waals surface area contributed by atoms with E-state index in [4.69, 9.17) is 9.47 Å². The zero-order valence-electron chi connectivity index (χ0n) is 8.13. The molecular formula is C10H19NO2. The van der Waals surface area contributed by atoms with Crippen molar-refractivity contribution >= 4 is 0 Å². The Labute approximate surface area is 79.8 Å². The van der Waals surface area contributed by atoms with E-state index in [1.807, 2.05) is 0 Å². The summed E-state index contributed by atoms with van der Waals surface area (Å²) in [5.41, 5.74) is 0.